The van der Waals surface area contributed by atoms with Crippen LogP contribution in [0.4, 0.5) is 0 Å². The van der Waals surface area contributed by atoms with Crippen molar-refractivity contribution in [3.63, 3.8) is 0 Å². The monoisotopic (exact) mass is 326 g/mol. The highest BCUT2D eigenvalue weighted by molar-refractivity contribution is 5.81. The Balaban J connectivity index is 1.53. The van der Waals surface area contributed by atoms with Crippen LogP contribution in [0.25, 0.3) is 10.9 Å². The summed E-state index contributed by atoms with van der Waals surface area (Å²) in [4.78, 5) is 21.0. The first-order valence-electron chi connectivity index (χ1n) is 8.80. The number of carbonyl (C=O) groups is 1. The molecular formula is C19H26N4O. The van der Waals surface area contributed by atoms with Gasteiger partial charge in [0.05, 0.1) is 12.1 Å². The number of nitrogens with zero attached hydrogens (tertiary/aromatic N) is 3. The third-order valence-electron chi connectivity index (χ3n) is 4.51. The Morgan fingerprint density at radius 2 is 1.88 bits per heavy atom. The number of benzene rings is 1. The van der Waals surface area contributed by atoms with Crippen LogP contribution in [0.5, 0.6) is 0 Å². The predicted octanol–water partition coefficient (Wildman–Crippen LogP) is 1.88. The number of pyridine rings is 1. The lowest BCUT2D eigenvalue weighted by atomic mass is 10.1. The average Bonchev–Trinajstić information content (AvgIpc) is 2.62. The first kappa shape index (κ1) is 16.9. The highest BCUT2D eigenvalue weighted by Crippen LogP contribution is 2.18. The zero-order valence-electron chi connectivity index (χ0n) is 14.4. The van der Waals surface area contributed by atoms with Crippen LogP contribution in [0.3, 0.4) is 0 Å². The molecule has 1 aliphatic rings. The fourth-order valence-corrected chi connectivity index (χ4v) is 3.16. The lowest BCUT2D eigenvalue weighted by molar-refractivity contribution is -0.122. The second kappa shape index (κ2) is 8.22. The molecule has 0 atom stereocenters. The summed E-state index contributed by atoms with van der Waals surface area (Å²) >= 11 is 0. The van der Waals surface area contributed by atoms with Crippen LogP contribution in [0.15, 0.2) is 36.5 Å². The Morgan fingerprint density at radius 1 is 1.12 bits per heavy atom. The molecule has 0 bridgehead atoms. The van der Waals surface area contributed by atoms with Crippen LogP contribution in [-0.2, 0) is 11.3 Å². The predicted molar refractivity (Wildman–Crippen MR) is 96.8 cm³/mol. The van der Waals surface area contributed by atoms with Gasteiger partial charge in [-0.05, 0) is 18.1 Å². The summed E-state index contributed by atoms with van der Waals surface area (Å²) in [5.41, 5.74) is 2.38. The first-order chi connectivity index (χ1) is 11.8. The molecule has 2 aromatic rings. The molecule has 1 fully saturated rings. The fourth-order valence-electron chi connectivity index (χ4n) is 3.16. The number of hydrogen-bond donors (Lipinski definition) is 1. The second-order valence-electron chi connectivity index (χ2n) is 6.39. The number of nitrogens with one attached hydrogen (secondary N) is 1. The molecule has 1 N–H and O–H groups in total. The summed E-state index contributed by atoms with van der Waals surface area (Å²) in [6, 6.07) is 10.5. The van der Waals surface area contributed by atoms with Gasteiger partial charge in [0, 0.05) is 50.9 Å². The number of piperazine rings is 1. The van der Waals surface area contributed by atoms with Crippen LogP contribution in [0, 0.1) is 0 Å². The molecule has 0 spiro atoms. The lowest BCUT2D eigenvalue weighted by Gasteiger charge is -2.34. The summed E-state index contributed by atoms with van der Waals surface area (Å²) in [5.74, 6) is 0.142. The Morgan fingerprint density at radius 3 is 2.67 bits per heavy atom. The quantitative estimate of drug-likeness (QED) is 0.880. The van der Waals surface area contributed by atoms with Gasteiger partial charge >= 0.3 is 0 Å². The molecule has 0 radical (unpaired) electrons. The third-order valence-corrected chi connectivity index (χ3v) is 4.51. The average molecular weight is 326 g/mol. The van der Waals surface area contributed by atoms with E-state index in [0.717, 1.165) is 51.2 Å². The van der Waals surface area contributed by atoms with Crippen molar-refractivity contribution in [1.29, 1.82) is 0 Å². The molecule has 1 amide bonds. The van der Waals surface area contributed by atoms with E-state index in [9.17, 15) is 4.79 Å². The molecule has 3 rings (SSSR count). The minimum absolute atomic E-state index is 0.142. The van der Waals surface area contributed by atoms with Crippen LogP contribution in [-0.4, -0.2) is 60.0 Å². The van der Waals surface area contributed by atoms with E-state index in [1.807, 2.05) is 12.3 Å². The number of aromatic nitrogens is 1. The number of para-hydroxylation sites is 1. The smallest absolute Gasteiger partial charge is 0.234 e. The van der Waals surface area contributed by atoms with Gasteiger partial charge in [0.1, 0.15) is 0 Å². The largest absolute Gasteiger partial charge is 0.355 e. The van der Waals surface area contributed by atoms with Crippen molar-refractivity contribution >= 4 is 16.8 Å². The summed E-state index contributed by atoms with van der Waals surface area (Å²) in [6.45, 7) is 8.14. The van der Waals surface area contributed by atoms with E-state index in [2.05, 4.69) is 51.3 Å². The number of rotatable bonds is 6. The van der Waals surface area contributed by atoms with Crippen molar-refractivity contribution in [2.75, 3.05) is 39.3 Å². The normalized spacial score (nSPS) is 16.4. The Bertz CT molecular complexity index is 675. The highest BCUT2D eigenvalue weighted by Gasteiger charge is 2.19. The molecule has 0 saturated carbocycles. The summed E-state index contributed by atoms with van der Waals surface area (Å²) in [7, 11) is 0. The van der Waals surface area contributed by atoms with Crippen molar-refractivity contribution in [3.05, 3.63) is 42.1 Å². The van der Waals surface area contributed by atoms with Crippen LogP contribution < -0.4 is 5.32 Å². The van der Waals surface area contributed by atoms with Gasteiger partial charge in [0.15, 0.2) is 0 Å². The number of amides is 1. The molecule has 5 heteroatoms. The van der Waals surface area contributed by atoms with E-state index in [-0.39, 0.29) is 5.91 Å². The maximum atomic E-state index is 11.8. The maximum absolute atomic E-state index is 11.8. The van der Waals surface area contributed by atoms with Crippen LogP contribution >= 0.6 is 0 Å². The van der Waals surface area contributed by atoms with E-state index in [0.29, 0.717) is 6.54 Å². The van der Waals surface area contributed by atoms with Crippen molar-refractivity contribution in [3.8, 4) is 0 Å². The molecule has 2 heterocycles. The molecule has 0 unspecified atom stereocenters. The van der Waals surface area contributed by atoms with Gasteiger partial charge in [-0.2, -0.15) is 0 Å². The number of hydrogen-bond acceptors (Lipinski definition) is 4. The van der Waals surface area contributed by atoms with Gasteiger partial charge in [-0.15, -0.1) is 0 Å². The Hall–Kier alpha value is -1.98. The van der Waals surface area contributed by atoms with Crippen LogP contribution in [0.2, 0.25) is 0 Å². The van der Waals surface area contributed by atoms with Gasteiger partial charge in [0.25, 0.3) is 0 Å². The summed E-state index contributed by atoms with van der Waals surface area (Å²) < 4.78 is 0. The van der Waals surface area contributed by atoms with Gasteiger partial charge in [-0.1, -0.05) is 31.2 Å². The zero-order chi connectivity index (χ0) is 16.8. The molecule has 1 aromatic heterocycles. The van der Waals surface area contributed by atoms with Crippen molar-refractivity contribution in [1.82, 2.24) is 20.1 Å². The molecule has 0 aliphatic carbocycles. The first-order valence-corrected chi connectivity index (χ1v) is 8.80. The second-order valence-corrected chi connectivity index (χ2v) is 6.39. The SMILES string of the molecule is CCCNC(=O)CN1CCN(Cc2cccc3cccnc23)CC1. The molecule has 128 valence electrons. The van der Waals surface area contributed by atoms with Gasteiger partial charge in [-0.3, -0.25) is 19.6 Å². The topological polar surface area (TPSA) is 48.5 Å². The van der Waals surface area contributed by atoms with E-state index < -0.39 is 0 Å². The standard InChI is InChI=1S/C19H26N4O/c1-2-8-20-18(24)15-23-12-10-22(11-13-23)14-17-6-3-5-16-7-4-9-21-19(16)17/h3-7,9H,2,8,10-15H2,1H3,(H,20,24). The van der Waals surface area contributed by atoms with Crippen molar-refractivity contribution < 1.29 is 4.79 Å². The van der Waals surface area contributed by atoms with Crippen LogP contribution in [0.1, 0.15) is 18.9 Å². The minimum atomic E-state index is 0.142. The Kier molecular flexibility index (Phi) is 5.77. The summed E-state index contributed by atoms with van der Waals surface area (Å²) in [5, 5.41) is 4.14. The van der Waals surface area contributed by atoms with Crippen molar-refractivity contribution in [2.24, 2.45) is 0 Å². The zero-order valence-corrected chi connectivity index (χ0v) is 14.4. The maximum Gasteiger partial charge on any atom is 0.234 e. The highest BCUT2D eigenvalue weighted by atomic mass is 16.2. The minimum Gasteiger partial charge on any atom is -0.355 e. The lowest BCUT2D eigenvalue weighted by Crippen LogP contribution is -2.49. The third kappa shape index (κ3) is 4.30. The van der Waals surface area contributed by atoms with Crippen molar-refractivity contribution in [2.45, 2.75) is 19.9 Å². The van der Waals surface area contributed by atoms with E-state index in [4.69, 9.17) is 0 Å². The number of fused-ring (bicyclic) bond motifs is 1. The fraction of sp³-hybridized carbons (Fsp3) is 0.474. The van der Waals surface area contributed by atoms with Gasteiger partial charge in [0.2, 0.25) is 5.91 Å². The number of carbonyl (C=O) groups excluding carboxylic acids is 1. The van der Waals surface area contributed by atoms with Gasteiger partial charge in [-0.25, -0.2) is 0 Å². The van der Waals surface area contributed by atoms with E-state index in [1.165, 1.54) is 10.9 Å². The molecule has 5 nitrogen and oxygen atoms in total. The molecule has 1 aliphatic heterocycles. The molecular weight excluding hydrogens is 300 g/mol. The summed E-state index contributed by atoms with van der Waals surface area (Å²) in [6.07, 6.45) is 2.84. The van der Waals surface area contributed by atoms with E-state index in [1.54, 1.807) is 0 Å². The van der Waals surface area contributed by atoms with Gasteiger partial charge < -0.3 is 5.32 Å². The van der Waals surface area contributed by atoms with E-state index >= 15 is 0 Å². The Labute approximate surface area is 143 Å². The molecule has 1 saturated heterocycles. The molecule has 1 aromatic carbocycles. The molecule has 24 heavy (non-hydrogen) atoms.